The summed E-state index contributed by atoms with van der Waals surface area (Å²) in [4.78, 5) is 0. The van der Waals surface area contributed by atoms with Crippen LogP contribution in [0.25, 0.3) is 0 Å². The molecule has 0 heterocycles. The molecule has 0 atom stereocenters. The number of nitrogens with one attached hydrogen (secondary N) is 2. The van der Waals surface area contributed by atoms with Crippen LogP contribution in [0.3, 0.4) is 0 Å². The van der Waals surface area contributed by atoms with Crippen LogP contribution in [0.15, 0.2) is 42.5 Å². The van der Waals surface area contributed by atoms with E-state index in [4.69, 9.17) is 0 Å². The van der Waals surface area contributed by atoms with Gasteiger partial charge in [-0.05, 0) is 55.2 Å². The van der Waals surface area contributed by atoms with Crippen molar-refractivity contribution in [3.8, 4) is 0 Å². The van der Waals surface area contributed by atoms with E-state index in [0.717, 1.165) is 17.8 Å². The van der Waals surface area contributed by atoms with Gasteiger partial charge in [0.15, 0.2) is 0 Å². The molecule has 0 spiro atoms. The fraction of sp³-hybridized carbons (Fsp3) is 0.250. The Bertz CT molecular complexity index is 515. The Morgan fingerprint density at radius 3 is 2.28 bits per heavy atom. The lowest BCUT2D eigenvalue weighted by molar-refractivity contribution is 1.14. The van der Waals surface area contributed by atoms with Crippen molar-refractivity contribution in [3.05, 3.63) is 59.2 Å². The molecule has 0 saturated carbocycles. The third-order valence-electron chi connectivity index (χ3n) is 3.31. The summed E-state index contributed by atoms with van der Waals surface area (Å²) in [6.45, 7) is 6.41. The monoisotopic (exact) mass is 240 g/mol. The predicted molar refractivity (Wildman–Crippen MR) is 79.0 cm³/mol. The van der Waals surface area contributed by atoms with Crippen LogP contribution < -0.4 is 10.9 Å². The molecule has 0 bridgehead atoms. The van der Waals surface area contributed by atoms with Gasteiger partial charge in [0, 0.05) is 0 Å². The number of anilines is 2. The molecule has 94 valence electrons. The molecule has 2 nitrogen and oxygen atoms in total. The maximum Gasteiger partial charge on any atom is 0.0571 e. The molecule has 0 aromatic heterocycles. The molecule has 0 aliphatic rings. The predicted octanol–water partition coefficient (Wildman–Crippen LogP) is 4.30. The number of hydrogen-bond donors (Lipinski definition) is 2. The molecule has 0 fully saturated rings. The molecule has 0 aliphatic carbocycles. The summed E-state index contributed by atoms with van der Waals surface area (Å²) in [5, 5.41) is 0. The molecule has 2 rings (SSSR count). The van der Waals surface area contributed by atoms with Gasteiger partial charge >= 0.3 is 0 Å². The van der Waals surface area contributed by atoms with Gasteiger partial charge in [0.1, 0.15) is 0 Å². The van der Waals surface area contributed by atoms with E-state index in [1.165, 1.54) is 16.7 Å². The second-order valence-corrected chi connectivity index (χ2v) is 4.55. The van der Waals surface area contributed by atoms with Gasteiger partial charge in [0.2, 0.25) is 0 Å². The molecule has 0 amide bonds. The summed E-state index contributed by atoms with van der Waals surface area (Å²) in [6, 6.07) is 14.7. The van der Waals surface area contributed by atoms with Crippen molar-refractivity contribution in [2.24, 2.45) is 0 Å². The molecule has 2 heteroatoms. The topological polar surface area (TPSA) is 24.1 Å². The second kappa shape index (κ2) is 5.58. The van der Waals surface area contributed by atoms with Gasteiger partial charge in [-0.1, -0.05) is 31.2 Å². The molecule has 2 N–H and O–H groups in total. The van der Waals surface area contributed by atoms with Gasteiger partial charge in [0.25, 0.3) is 0 Å². The highest BCUT2D eigenvalue weighted by Gasteiger charge is 1.99. The summed E-state index contributed by atoms with van der Waals surface area (Å²) >= 11 is 0. The Morgan fingerprint density at radius 1 is 0.889 bits per heavy atom. The quantitative estimate of drug-likeness (QED) is 0.778. The minimum absolute atomic E-state index is 1.07. The van der Waals surface area contributed by atoms with Crippen molar-refractivity contribution in [1.29, 1.82) is 0 Å². The zero-order valence-electron chi connectivity index (χ0n) is 11.2. The second-order valence-electron chi connectivity index (χ2n) is 4.55. The molecular formula is C16H20N2. The van der Waals surface area contributed by atoms with E-state index in [-0.39, 0.29) is 0 Å². The zero-order chi connectivity index (χ0) is 13.0. The number of aryl methyl sites for hydroxylation is 2. The van der Waals surface area contributed by atoms with Crippen LogP contribution in [0.4, 0.5) is 11.4 Å². The minimum Gasteiger partial charge on any atom is -0.301 e. The summed E-state index contributed by atoms with van der Waals surface area (Å²) < 4.78 is 0. The molecule has 0 radical (unpaired) electrons. The number of hydrogen-bond acceptors (Lipinski definition) is 2. The van der Waals surface area contributed by atoms with Gasteiger partial charge in [-0.15, -0.1) is 0 Å². The van der Waals surface area contributed by atoms with Gasteiger partial charge < -0.3 is 10.9 Å². The Kier molecular flexibility index (Phi) is 3.88. The molecule has 0 aliphatic heterocycles. The first-order valence-electron chi connectivity index (χ1n) is 6.38. The summed E-state index contributed by atoms with van der Waals surface area (Å²) in [5.74, 6) is 0. The van der Waals surface area contributed by atoms with Crippen molar-refractivity contribution in [2.45, 2.75) is 27.2 Å². The van der Waals surface area contributed by atoms with Crippen molar-refractivity contribution < 1.29 is 0 Å². The van der Waals surface area contributed by atoms with E-state index in [1.54, 1.807) is 0 Å². The first kappa shape index (κ1) is 12.5. The fourth-order valence-electron chi connectivity index (χ4n) is 1.85. The van der Waals surface area contributed by atoms with Gasteiger partial charge in [-0.3, -0.25) is 0 Å². The summed E-state index contributed by atoms with van der Waals surface area (Å²) in [7, 11) is 0. The van der Waals surface area contributed by atoms with Crippen molar-refractivity contribution >= 4 is 11.4 Å². The third kappa shape index (κ3) is 2.83. The Balaban J connectivity index is 2.04. The molecule has 0 unspecified atom stereocenters. The normalized spacial score (nSPS) is 10.2. The highest BCUT2D eigenvalue weighted by Crippen LogP contribution is 2.18. The molecule has 2 aromatic carbocycles. The Hall–Kier alpha value is -1.96. The van der Waals surface area contributed by atoms with Crippen LogP contribution in [0.1, 0.15) is 23.6 Å². The maximum atomic E-state index is 3.26. The average molecular weight is 240 g/mol. The van der Waals surface area contributed by atoms with Crippen LogP contribution in [0.5, 0.6) is 0 Å². The van der Waals surface area contributed by atoms with E-state index < -0.39 is 0 Å². The summed E-state index contributed by atoms with van der Waals surface area (Å²) in [6.07, 6.45) is 1.07. The third-order valence-corrected chi connectivity index (χ3v) is 3.31. The van der Waals surface area contributed by atoms with Crippen LogP contribution in [0.2, 0.25) is 0 Å². The lowest BCUT2D eigenvalue weighted by Crippen LogP contribution is -2.10. The van der Waals surface area contributed by atoms with E-state index >= 15 is 0 Å². The van der Waals surface area contributed by atoms with Crippen LogP contribution in [-0.4, -0.2) is 0 Å². The first-order chi connectivity index (χ1) is 8.70. The maximum absolute atomic E-state index is 3.26. The Labute approximate surface area is 109 Å². The van der Waals surface area contributed by atoms with Crippen LogP contribution in [-0.2, 0) is 6.42 Å². The number of benzene rings is 2. The highest BCUT2D eigenvalue weighted by atomic mass is 15.4. The van der Waals surface area contributed by atoms with Gasteiger partial charge in [-0.25, -0.2) is 0 Å². The largest absolute Gasteiger partial charge is 0.301 e. The van der Waals surface area contributed by atoms with Crippen molar-refractivity contribution in [2.75, 3.05) is 10.9 Å². The van der Waals surface area contributed by atoms with Crippen molar-refractivity contribution in [3.63, 3.8) is 0 Å². The summed E-state index contributed by atoms with van der Waals surface area (Å²) in [5.41, 5.74) is 12.6. The van der Waals surface area contributed by atoms with E-state index in [1.807, 2.05) is 0 Å². The van der Waals surface area contributed by atoms with E-state index in [0.29, 0.717) is 0 Å². The lowest BCUT2D eigenvalue weighted by atomic mass is 10.1. The average Bonchev–Trinajstić information content (AvgIpc) is 2.41. The molecular weight excluding hydrogens is 220 g/mol. The van der Waals surface area contributed by atoms with Crippen LogP contribution in [0, 0.1) is 13.8 Å². The van der Waals surface area contributed by atoms with Crippen molar-refractivity contribution in [1.82, 2.24) is 0 Å². The van der Waals surface area contributed by atoms with Gasteiger partial charge in [-0.2, -0.15) is 0 Å². The number of hydrazine groups is 1. The zero-order valence-corrected chi connectivity index (χ0v) is 11.2. The highest BCUT2D eigenvalue weighted by molar-refractivity contribution is 5.58. The smallest absolute Gasteiger partial charge is 0.0571 e. The standard InChI is InChI=1S/C16H20N2/c1-4-14-8-10-15(11-9-14)17-18-16-7-5-6-12(2)13(16)3/h5-11,17-18H,4H2,1-3H3. The minimum atomic E-state index is 1.07. The lowest BCUT2D eigenvalue weighted by Gasteiger charge is -2.13. The molecule has 18 heavy (non-hydrogen) atoms. The first-order valence-corrected chi connectivity index (χ1v) is 6.38. The van der Waals surface area contributed by atoms with Crippen LogP contribution >= 0.6 is 0 Å². The molecule has 0 saturated heterocycles. The fourth-order valence-corrected chi connectivity index (χ4v) is 1.85. The Morgan fingerprint density at radius 2 is 1.61 bits per heavy atom. The number of rotatable bonds is 4. The van der Waals surface area contributed by atoms with Gasteiger partial charge in [0.05, 0.1) is 11.4 Å². The van der Waals surface area contributed by atoms with E-state index in [9.17, 15) is 0 Å². The van der Waals surface area contributed by atoms with E-state index in [2.05, 4.69) is 74.1 Å². The molecule has 2 aromatic rings. The SMILES string of the molecule is CCc1ccc(NNc2cccc(C)c2C)cc1.